The second kappa shape index (κ2) is 7.72. The molecule has 1 amide bonds. The molecule has 0 atom stereocenters. The summed E-state index contributed by atoms with van der Waals surface area (Å²) < 4.78 is 7.92. The number of nitrogens with zero attached hydrogens (tertiary/aromatic N) is 2. The van der Waals surface area contributed by atoms with Crippen LogP contribution < -0.4 is 15.4 Å². The summed E-state index contributed by atoms with van der Waals surface area (Å²) in [6.07, 6.45) is 5.05. The fourth-order valence-corrected chi connectivity index (χ4v) is 3.50. The molecular formula is C21H30N4O2. The molecule has 1 saturated heterocycles. The number of aromatic nitrogens is 2. The third-order valence-corrected chi connectivity index (χ3v) is 4.87. The summed E-state index contributed by atoms with van der Waals surface area (Å²) in [6.45, 7) is 10.2. The van der Waals surface area contributed by atoms with Crippen molar-refractivity contribution in [2.75, 3.05) is 13.1 Å². The average molecular weight is 370 g/mol. The number of carbonyl (C=O) groups is 1. The highest BCUT2D eigenvalue weighted by Crippen LogP contribution is 2.28. The Morgan fingerprint density at radius 2 is 2.07 bits per heavy atom. The zero-order valence-electron chi connectivity index (χ0n) is 16.7. The van der Waals surface area contributed by atoms with Gasteiger partial charge in [-0.25, -0.2) is 0 Å². The average Bonchev–Trinajstić information content (AvgIpc) is 3.15. The van der Waals surface area contributed by atoms with Crippen molar-refractivity contribution in [3.05, 3.63) is 47.8 Å². The van der Waals surface area contributed by atoms with Crippen molar-refractivity contribution in [2.24, 2.45) is 0 Å². The van der Waals surface area contributed by atoms with Crippen LogP contribution in [0.25, 0.3) is 0 Å². The lowest BCUT2D eigenvalue weighted by Gasteiger charge is -2.36. The Hall–Kier alpha value is -2.34. The molecule has 0 spiro atoms. The van der Waals surface area contributed by atoms with Crippen LogP contribution in [0.5, 0.6) is 5.75 Å². The molecule has 6 nitrogen and oxygen atoms in total. The van der Waals surface area contributed by atoms with Crippen molar-refractivity contribution >= 4 is 5.91 Å². The smallest absolute Gasteiger partial charge is 0.248 e. The number of piperidine rings is 1. The lowest BCUT2D eigenvalue weighted by atomic mass is 9.87. The minimum atomic E-state index is -0.634. The Kier molecular flexibility index (Phi) is 5.56. The summed E-state index contributed by atoms with van der Waals surface area (Å²) in [7, 11) is 0. The van der Waals surface area contributed by atoms with Crippen LogP contribution in [-0.2, 0) is 16.9 Å². The molecule has 6 heteroatoms. The monoisotopic (exact) mass is 370 g/mol. The van der Waals surface area contributed by atoms with Crippen LogP contribution in [0.2, 0.25) is 0 Å². The normalized spacial score (nSPS) is 16.7. The van der Waals surface area contributed by atoms with Crippen LogP contribution in [0.1, 0.15) is 44.7 Å². The number of ether oxygens (including phenoxy) is 1. The number of carbonyl (C=O) groups excluding carboxylic acids is 1. The number of nitrogens with one attached hydrogen (secondary N) is 2. The van der Waals surface area contributed by atoms with Crippen molar-refractivity contribution in [1.29, 1.82) is 0 Å². The highest BCUT2D eigenvalue weighted by Gasteiger charge is 2.41. The topological polar surface area (TPSA) is 68.2 Å². The number of rotatable bonds is 5. The first kappa shape index (κ1) is 19.4. The van der Waals surface area contributed by atoms with E-state index < -0.39 is 5.54 Å². The maximum atomic E-state index is 13.2. The molecule has 2 aromatic rings. The van der Waals surface area contributed by atoms with E-state index in [1.54, 1.807) is 6.20 Å². The van der Waals surface area contributed by atoms with Crippen LogP contribution in [0.15, 0.2) is 36.7 Å². The molecule has 0 bridgehead atoms. The number of amides is 1. The molecule has 2 N–H and O–H groups in total. The fraction of sp³-hybridized carbons (Fsp3) is 0.524. The molecule has 1 aromatic heterocycles. The maximum Gasteiger partial charge on any atom is 0.248 e. The van der Waals surface area contributed by atoms with Gasteiger partial charge in [-0.05, 0) is 71.3 Å². The van der Waals surface area contributed by atoms with Gasteiger partial charge in [0.2, 0.25) is 5.91 Å². The predicted molar refractivity (Wildman–Crippen MR) is 106 cm³/mol. The van der Waals surface area contributed by atoms with Gasteiger partial charge in [0, 0.05) is 24.5 Å². The van der Waals surface area contributed by atoms with Gasteiger partial charge in [-0.3, -0.25) is 9.48 Å². The molecule has 0 unspecified atom stereocenters. The Bertz CT molecular complexity index is 772. The van der Waals surface area contributed by atoms with E-state index in [9.17, 15) is 4.79 Å². The van der Waals surface area contributed by atoms with Gasteiger partial charge in [-0.2, -0.15) is 5.10 Å². The highest BCUT2D eigenvalue weighted by molar-refractivity contribution is 5.84. The molecule has 0 radical (unpaired) electrons. The summed E-state index contributed by atoms with van der Waals surface area (Å²) in [5.41, 5.74) is 1.19. The second-order valence-corrected chi connectivity index (χ2v) is 8.24. The van der Waals surface area contributed by atoms with Crippen molar-refractivity contribution < 1.29 is 9.53 Å². The zero-order chi connectivity index (χ0) is 19.5. The van der Waals surface area contributed by atoms with Gasteiger partial charge in [0.15, 0.2) is 0 Å². The minimum absolute atomic E-state index is 0.00924. The quantitative estimate of drug-likeness (QED) is 0.849. The summed E-state index contributed by atoms with van der Waals surface area (Å²) in [4.78, 5) is 13.2. The van der Waals surface area contributed by atoms with Crippen LogP contribution in [0.3, 0.4) is 0 Å². The van der Waals surface area contributed by atoms with Gasteiger partial charge in [-0.15, -0.1) is 0 Å². The largest absolute Gasteiger partial charge is 0.488 e. The standard InChI is InChI=1S/C21H30N4O2/c1-16-6-7-17(18(14-16)27-20(2,3)4)15-23-19(26)21(8-11-22-12-9-21)25-13-5-10-24-25/h5-7,10,13-14,22H,8-9,11-12,15H2,1-4H3,(H,23,26). The third-order valence-electron chi connectivity index (χ3n) is 4.87. The molecule has 27 heavy (non-hydrogen) atoms. The Morgan fingerprint density at radius 1 is 1.33 bits per heavy atom. The summed E-state index contributed by atoms with van der Waals surface area (Å²) >= 11 is 0. The lowest BCUT2D eigenvalue weighted by molar-refractivity contribution is -0.132. The van der Waals surface area contributed by atoms with E-state index in [4.69, 9.17) is 4.74 Å². The zero-order valence-corrected chi connectivity index (χ0v) is 16.7. The third kappa shape index (κ3) is 4.50. The van der Waals surface area contributed by atoms with Gasteiger partial charge in [0.25, 0.3) is 0 Å². The summed E-state index contributed by atoms with van der Waals surface area (Å²) in [5.74, 6) is 0.830. The van der Waals surface area contributed by atoms with Gasteiger partial charge in [0.1, 0.15) is 16.9 Å². The summed E-state index contributed by atoms with van der Waals surface area (Å²) in [5, 5.41) is 10.8. The number of benzene rings is 1. The maximum absolute atomic E-state index is 13.2. The Morgan fingerprint density at radius 3 is 2.70 bits per heavy atom. The van der Waals surface area contributed by atoms with E-state index in [2.05, 4.69) is 15.7 Å². The lowest BCUT2D eigenvalue weighted by Crippen LogP contribution is -2.54. The van der Waals surface area contributed by atoms with E-state index >= 15 is 0 Å². The van der Waals surface area contributed by atoms with Crippen LogP contribution in [-0.4, -0.2) is 34.4 Å². The molecule has 1 aromatic carbocycles. The van der Waals surface area contributed by atoms with E-state index in [-0.39, 0.29) is 11.5 Å². The predicted octanol–water partition coefficient (Wildman–Crippen LogP) is 2.76. The van der Waals surface area contributed by atoms with Gasteiger partial charge < -0.3 is 15.4 Å². The highest BCUT2D eigenvalue weighted by atomic mass is 16.5. The first-order valence-electron chi connectivity index (χ1n) is 9.58. The second-order valence-electron chi connectivity index (χ2n) is 8.24. The van der Waals surface area contributed by atoms with E-state index in [0.717, 1.165) is 42.8 Å². The molecule has 1 aliphatic heterocycles. The van der Waals surface area contributed by atoms with Crippen molar-refractivity contribution in [2.45, 2.75) is 58.2 Å². The molecule has 1 fully saturated rings. The van der Waals surface area contributed by atoms with Gasteiger partial charge in [-0.1, -0.05) is 12.1 Å². The molecular weight excluding hydrogens is 340 g/mol. The molecule has 3 rings (SSSR count). The molecule has 1 aliphatic rings. The fourth-order valence-electron chi connectivity index (χ4n) is 3.50. The van der Waals surface area contributed by atoms with E-state index in [1.807, 2.05) is 62.8 Å². The van der Waals surface area contributed by atoms with Crippen LogP contribution in [0, 0.1) is 6.92 Å². The van der Waals surface area contributed by atoms with E-state index in [0.29, 0.717) is 6.54 Å². The van der Waals surface area contributed by atoms with Crippen molar-refractivity contribution in [1.82, 2.24) is 20.4 Å². The van der Waals surface area contributed by atoms with Crippen molar-refractivity contribution in [3.63, 3.8) is 0 Å². The minimum Gasteiger partial charge on any atom is -0.488 e. The SMILES string of the molecule is Cc1ccc(CNC(=O)C2(n3cccn3)CCNCC2)c(OC(C)(C)C)c1. The van der Waals surface area contributed by atoms with Crippen LogP contribution >= 0.6 is 0 Å². The number of hydrogen-bond acceptors (Lipinski definition) is 4. The number of aryl methyl sites for hydroxylation is 1. The molecule has 2 heterocycles. The molecule has 0 aliphatic carbocycles. The van der Waals surface area contributed by atoms with Crippen molar-refractivity contribution in [3.8, 4) is 5.75 Å². The van der Waals surface area contributed by atoms with Gasteiger partial charge in [0.05, 0.1) is 0 Å². The van der Waals surface area contributed by atoms with Gasteiger partial charge >= 0.3 is 0 Å². The summed E-state index contributed by atoms with van der Waals surface area (Å²) in [6, 6.07) is 7.97. The first-order chi connectivity index (χ1) is 12.8. The van der Waals surface area contributed by atoms with E-state index in [1.165, 1.54) is 0 Å². The number of hydrogen-bond donors (Lipinski definition) is 2. The van der Waals surface area contributed by atoms with Crippen LogP contribution in [0.4, 0.5) is 0 Å². The molecule has 0 saturated carbocycles. The Labute approximate surface area is 161 Å². The first-order valence-corrected chi connectivity index (χ1v) is 9.58. The molecule has 146 valence electrons. The Balaban J connectivity index is 1.78.